The fourth-order valence-electron chi connectivity index (χ4n) is 3.97. The molecule has 0 aliphatic rings. The maximum absolute atomic E-state index is 9.94. The number of aromatic nitrogens is 1. The van der Waals surface area contributed by atoms with Crippen LogP contribution >= 0.6 is 0 Å². The molecule has 1 aromatic heterocycles. The molecule has 0 spiro atoms. The third-order valence-electron chi connectivity index (χ3n) is 5.42. The van der Waals surface area contributed by atoms with E-state index in [1.807, 2.05) is 30.3 Å². The van der Waals surface area contributed by atoms with E-state index in [1.165, 1.54) is 5.56 Å². The number of fused-ring (bicyclic) bond motifs is 1. The van der Waals surface area contributed by atoms with Crippen LogP contribution in [-0.4, -0.2) is 24.6 Å². The molecule has 6 heteroatoms. The Hall–Kier alpha value is -4.24. The lowest BCUT2D eigenvalue weighted by atomic mass is 10.1. The molecule has 0 saturated carbocycles. The number of methoxy groups -OCH3 is 1. The summed E-state index contributed by atoms with van der Waals surface area (Å²) in [5, 5.41) is 14.4. The van der Waals surface area contributed by atoms with E-state index in [4.69, 9.17) is 9.53 Å². The van der Waals surface area contributed by atoms with Crippen molar-refractivity contribution in [1.82, 2.24) is 4.57 Å². The smallest absolute Gasteiger partial charge is 0.204 e. The summed E-state index contributed by atoms with van der Waals surface area (Å²) in [6.45, 7) is 3.73. The molecule has 1 amide bonds. The van der Waals surface area contributed by atoms with E-state index in [-0.39, 0.29) is 6.41 Å². The second-order valence-corrected chi connectivity index (χ2v) is 7.34. The summed E-state index contributed by atoms with van der Waals surface area (Å²) < 4.78 is 7.60. The van der Waals surface area contributed by atoms with Gasteiger partial charge in [0.15, 0.2) is 0 Å². The van der Waals surface area contributed by atoms with Gasteiger partial charge in [0, 0.05) is 35.8 Å². The van der Waals surface area contributed by atoms with Gasteiger partial charge in [-0.1, -0.05) is 42.5 Å². The van der Waals surface area contributed by atoms with Crippen LogP contribution < -0.4 is 15.8 Å². The molecule has 1 heterocycles. The van der Waals surface area contributed by atoms with E-state index in [0.717, 1.165) is 53.1 Å². The Morgan fingerprint density at radius 2 is 1.85 bits per heavy atom. The first-order valence-corrected chi connectivity index (χ1v) is 10.8. The number of rotatable bonds is 7. The molecule has 0 aliphatic carbocycles. The molecule has 33 heavy (non-hydrogen) atoms. The largest absolute Gasteiger partial charge is 0.497 e. The van der Waals surface area contributed by atoms with Gasteiger partial charge in [-0.25, -0.2) is 0 Å². The minimum Gasteiger partial charge on any atom is -0.497 e. The Balaban J connectivity index is 0.000000968. The number of nitriles is 1. The second-order valence-electron chi connectivity index (χ2n) is 7.34. The number of benzene rings is 3. The maximum Gasteiger partial charge on any atom is 0.204 e. The number of ether oxygens (including phenoxy) is 1. The van der Waals surface area contributed by atoms with Crippen molar-refractivity contribution in [3.8, 4) is 23.1 Å². The molecule has 0 saturated heterocycles. The van der Waals surface area contributed by atoms with Crippen LogP contribution in [0.15, 0.2) is 72.8 Å². The van der Waals surface area contributed by atoms with Gasteiger partial charge in [0.2, 0.25) is 6.41 Å². The monoisotopic (exact) mass is 440 g/mol. The van der Waals surface area contributed by atoms with Crippen molar-refractivity contribution in [3.05, 3.63) is 83.9 Å². The number of nitrogens with two attached hydrogens (primary N) is 1. The first-order chi connectivity index (χ1) is 16.2. The Morgan fingerprint density at radius 1 is 1.09 bits per heavy atom. The molecule has 0 bridgehead atoms. The van der Waals surface area contributed by atoms with Gasteiger partial charge in [-0.3, -0.25) is 4.79 Å². The van der Waals surface area contributed by atoms with Gasteiger partial charge in [0.1, 0.15) is 11.8 Å². The normalized spacial score (nSPS) is 10.1. The topological polar surface area (TPSA) is 93.1 Å². The second kappa shape index (κ2) is 11.4. The predicted octanol–water partition coefficient (Wildman–Crippen LogP) is 4.96. The molecule has 6 nitrogen and oxygen atoms in total. The van der Waals surface area contributed by atoms with Gasteiger partial charge in [-0.05, 0) is 43.2 Å². The van der Waals surface area contributed by atoms with Crippen LogP contribution in [0.4, 0.5) is 5.69 Å². The molecule has 4 rings (SSSR count). The van der Waals surface area contributed by atoms with Crippen LogP contribution in [0, 0.1) is 11.3 Å². The molecule has 4 aromatic rings. The van der Waals surface area contributed by atoms with Gasteiger partial charge >= 0.3 is 0 Å². The van der Waals surface area contributed by atoms with E-state index in [1.54, 1.807) is 7.11 Å². The molecule has 0 aliphatic heterocycles. The quantitative estimate of drug-likeness (QED) is 0.397. The summed E-state index contributed by atoms with van der Waals surface area (Å²) in [6, 6.07) is 27.1. The standard InChI is InChI=1S/C26H25N3O.CH3NO/c1-3-29-25-17-22(30-2)12-13-23(25)24(18-27)26(29)20-10-7-11-21(16-20)28-15-14-19-8-5-4-6-9-19;2-1-3/h4-13,16-17,28H,3,14-15H2,1-2H3;1H,(H2,2,3). The van der Waals surface area contributed by atoms with Crippen LogP contribution in [0.25, 0.3) is 22.2 Å². The van der Waals surface area contributed by atoms with Gasteiger partial charge in [0.05, 0.1) is 23.9 Å². The summed E-state index contributed by atoms with van der Waals surface area (Å²) in [7, 11) is 1.66. The number of carbonyl (C=O) groups is 1. The Labute approximate surface area is 194 Å². The van der Waals surface area contributed by atoms with E-state index < -0.39 is 0 Å². The van der Waals surface area contributed by atoms with Crippen molar-refractivity contribution in [1.29, 1.82) is 5.26 Å². The predicted molar refractivity (Wildman–Crippen MR) is 133 cm³/mol. The number of nitrogens with one attached hydrogen (secondary N) is 1. The highest BCUT2D eigenvalue weighted by Gasteiger charge is 2.18. The zero-order valence-corrected chi connectivity index (χ0v) is 18.9. The highest BCUT2D eigenvalue weighted by Crippen LogP contribution is 2.36. The lowest BCUT2D eigenvalue weighted by Crippen LogP contribution is -2.05. The number of aryl methyl sites for hydroxylation is 1. The van der Waals surface area contributed by atoms with Crippen molar-refractivity contribution in [2.24, 2.45) is 5.73 Å². The average molecular weight is 441 g/mol. The van der Waals surface area contributed by atoms with Crippen molar-refractivity contribution in [2.45, 2.75) is 19.9 Å². The summed E-state index contributed by atoms with van der Waals surface area (Å²) >= 11 is 0. The third kappa shape index (κ3) is 5.34. The van der Waals surface area contributed by atoms with Gasteiger partial charge in [0.25, 0.3) is 0 Å². The van der Waals surface area contributed by atoms with Gasteiger partial charge in [-0.2, -0.15) is 5.26 Å². The highest BCUT2D eigenvalue weighted by atomic mass is 16.5. The maximum atomic E-state index is 9.94. The summed E-state index contributed by atoms with van der Waals surface area (Å²) in [5.41, 5.74) is 10.2. The number of carbonyl (C=O) groups excluding carboxylic acids is 1. The third-order valence-corrected chi connectivity index (χ3v) is 5.42. The number of hydrogen-bond donors (Lipinski definition) is 2. The van der Waals surface area contributed by atoms with Gasteiger partial charge in [-0.15, -0.1) is 0 Å². The fourth-order valence-corrected chi connectivity index (χ4v) is 3.97. The summed E-state index contributed by atoms with van der Waals surface area (Å²) in [5.74, 6) is 0.794. The number of nitrogens with zero attached hydrogens (tertiary/aromatic N) is 2. The van der Waals surface area contributed by atoms with Crippen LogP contribution in [0.3, 0.4) is 0 Å². The van der Waals surface area contributed by atoms with E-state index >= 15 is 0 Å². The SMILES string of the molecule is CCn1c(-c2cccc(NCCc3ccccc3)c2)c(C#N)c2ccc(OC)cc21.NC=O. The van der Waals surface area contributed by atoms with Gasteiger partial charge < -0.3 is 20.4 Å². The van der Waals surface area contributed by atoms with E-state index in [2.05, 4.69) is 71.1 Å². The molecule has 0 atom stereocenters. The molecule has 0 unspecified atom stereocenters. The highest BCUT2D eigenvalue weighted by molar-refractivity contribution is 5.95. The number of amides is 1. The lowest BCUT2D eigenvalue weighted by Gasteiger charge is -2.12. The molecule has 0 radical (unpaired) electrons. The number of anilines is 1. The van der Waals surface area contributed by atoms with Crippen molar-refractivity contribution in [3.63, 3.8) is 0 Å². The zero-order valence-electron chi connectivity index (χ0n) is 18.9. The van der Waals surface area contributed by atoms with Crippen LogP contribution in [-0.2, 0) is 17.8 Å². The molecule has 3 N–H and O–H groups in total. The van der Waals surface area contributed by atoms with E-state index in [0.29, 0.717) is 5.56 Å². The number of hydrogen-bond acceptors (Lipinski definition) is 4. The fraction of sp³-hybridized carbons (Fsp3) is 0.185. The summed E-state index contributed by atoms with van der Waals surface area (Å²) in [6.07, 6.45) is 1.21. The Kier molecular flexibility index (Phi) is 8.09. The number of primary amides is 1. The summed E-state index contributed by atoms with van der Waals surface area (Å²) in [4.78, 5) is 8.58. The molecular formula is C27H28N4O2. The lowest BCUT2D eigenvalue weighted by molar-refractivity contribution is -0.106. The Morgan fingerprint density at radius 3 is 2.52 bits per heavy atom. The van der Waals surface area contributed by atoms with Crippen molar-refractivity contribution >= 4 is 23.0 Å². The minimum atomic E-state index is 0.250. The average Bonchev–Trinajstić information content (AvgIpc) is 3.18. The molecular weight excluding hydrogens is 412 g/mol. The molecule has 168 valence electrons. The van der Waals surface area contributed by atoms with Crippen LogP contribution in [0.5, 0.6) is 5.75 Å². The first-order valence-electron chi connectivity index (χ1n) is 10.8. The van der Waals surface area contributed by atoms with E-state index in [9.17, 15) is 5.26 Å². The molecule has 3 aromatic carbocycles. The molecule has 0 fully saturated rings. The van der Waals surface area contributed by atoms with Crippen molar-refractivity contribution < 1.29 is 9.53 Å². The van der Waals surface area contributed by atoms with Crippen LogP contribution in [0.2, 0.25) is 0 Å². The zero-order chi connectivity index (χ0) is 23.6. The minimum absolute atomic E-state index is 0.250. The van der Waals surface area contributed by atoms with Crippen molar-refractivity contribution in [2.75, 3.05) is 19.0 Å². The first kappa shape index (κ1) is 23.4. The van der Waals surface area contributed by atoms with Crippen LogP contribution in [0.1, 0.15) is 18.1 Å². The Bertz CT molecular complexity index is 1260.